The molecule has 0 saturated heterocycles. The zero-order chi connectivity index (χ0) is 16.9. The maximum Gasteiger partial charge on any atom is 0.295 e. The summed E-state index contributed by atoms with van der Waals surface area (Å²) in [5.74, 6) is 0.0508. The molecule has 2 aromatic carbocycles. The highest BCUT2D eigenvalue weighted by Gasteiger charge is 2.12. The number of nitrogens with one attached hydrogen (secondary N) is 2. The van der Waals surface area contributed by atoms with Crippen LogP contribution in [0.3, 0.4) is 0 Å². The molecular formula is C17H14N4O3. The summed E-state index contributed by atoms with van der Waals surface area (Å²) in [4.78, 5) is 30.7. The van der Waals surface area contributed by atoms with E-state index in [1.54, 1.807) is 55.6 Å². The highest BCUT2D eigenvalue weighted by Crippen LogP contribution is 2.09. The topological polar surface area (TPSA) is 96.4 Å². The first-order chi connectivity index (χ1) is 11.7. The van der Waals surface area contributed by atoms with Crippen molar-refractivity contribution in [3.05, 3.63) is 70.1 Å². The number of fused-ring (bicyclic) bond motifs is 1. The van der Waals surface area contributed by atoms with E-state index in [0.717, 1.165) is 11.3 Å². The molecule has 7 heteroatoms. The summed E-state index contributed by atoms with van der Waals surface area (Å²) in [7, 11) is 1.58. The van der Waals surface area contributed by atoms with Gasteiger partial charge >= 0.3 is 0 Å². The molecule has 1 heterocycles. The Morgan fingerprint density at radius 2 is 1.96 bits per heavy atom. The van der Waals surface area contributed by atoms with Crippen LogP contribution in [0.5, 0.6) is 5.75 Å². The maximum absolute atomic E-state index is 12.1. The van der Waals surface area contributed by atoms with Crippen molar-refractivity contribution in [2.24, 2.45) is 5.10 Å². The molecule has 0 aliphatic carbocycles. The number of amides is 1. The van der Waals surface area contributed by atoms with E-state index in [1.165, 1.54) is 6.21 Å². The smallest absolute Gasteiger partial charge is 0.295 e. The quantitative estimate of drug-likeness (QED) is 0.564. The van der Waals surface area contributed by atoms with E-state index in [2.05, 4.69) is 20.5 Å². The molecular weight excluding hydrogens is 308 g/mol. The molecule has 3 aromatic rings. The van der Waals surface area contributed by atoms with Gasteiger partial charge in [0.25, 0.3) is 11.5 Å². The molecule has 2 N–H and O–H groups in total. The SMILES string of the molecule is COc1ccc(/C=N/NC(=O)c2nc3ccccc3[nH]c2=O)cc1. The van der Waals surface area contributed by atoms with E-state index in [0.29, 0.717) is 11.0 Å². The lowest BCUT2D eigenvalue weighted by atomic mass is 10.2. The summed E-state index contributed by atoms with van der Waals surface area (Å²) in [5, 5.41) is 3.84. The number of H-pyrrole nitrogens is 1. The highest BCUT2D eigenvalue weighted by molar-refractivity contribution is 5.94. The van der Waals surface area contributed by atoms with Gasteiger partial charge in [0.1, 0.15) is 5.75 Å². The van der Waals surface area contributed by atoms with E-state index < -0.39 is 11.5 Å². The average molecular weight is 322 g/mol. The largest absolute Gasteiger partial charge is 0.497 e. The number of methoxy groups -OCH3 is 1. The van der Waals surface area contributed by atoms with Gasteiger partial charge in [0, 0.05) is 0 Å². The third-order valence-electron chi connectivity index (χ3n) is 3.31. The fourth-order valence-corrected chi connectivity index (χ4v) is 2.09. The Morgan fingerprint density at radius 3 is 2.71 bits per heavy atom. The molecule has 3 rings (SSSR count). The van der Waals surface area contributed by atoms with Gasteiger partial charge in [-0.1, -0.05) is 12.1 Å². The summed E-state index contributed by atoms with van der Waals surface area (Å²) in [6.07, 6.45) is 1.46. The number of hydrogen-bond acceptors (Lipinski definition) is 5. The second kappa shape index (κ2) is 6.74. The van der Waals surface area contributed by atoms with Gasteiger partial charge in [0.05, 0.1) is 24.4 Å². The van der Waals surface area contributed by atoms with Gasteiger partial charge in [0.15, 0.2) is 5.69 Å². The van der Waals surface area contributed by atoms with Crippen LogP contribution in [0.2, 0.25) is 0 Å². The minimum absolute atomic E-state index is 0.236. The number of aromatic amines is 1. The molecule has 0 atom stereocenters. The second-order valence-electron chi connectivity index (χ2n) is 4.90. The lowest BCUT2D eigenvalue weighted by Crippen LogP contribution is -2.28. The van der Waals surface area contributed by atoms with Gasteiger partial charge in [-0.05, 0) is 42.0 Å². The normalized spacial score (nSPS) is 10.9. The second-order valence-corrected chi connectivity index (χ2v) is 4.90. The van der Waals surface area contributed by atoms with Crippen LogP contribution >= 0.6 is 0 Å². The lowest BCUT2D eigenvalue weighted by molar-refractivity contribution is 0.0949. The summed E-state index contributed by atoms with van der Waals surface area (Å²) in [6, 6.07) is 14.1. The third-order valence-corrected chi connectivity index (χ3v) is 3.31. The van der Waals surface area contributed by atoms with Crippen LogP contribution in [-0.2, 0) is 0 Å². The molecule has 1 aromatic heterocycles. The first-order valence-electron chi connectivity index (χ1n) is 7.14. The number of hydrazone groups is 1. The Labute approximate surface area is 137 Å². The predicted molar refractivity (Wildman–Crippen MR) is 90.4 cm³/mol. The van der Waals surface area contributed by atoms with E-state index in [-0.39, 0.29) is 5.69 Å². The first-order valence-corrected chi connectivity index (χ1v) is 7.14. The number of hydrogen-bond donors (Lipinski definition) is 2. The molecule has 0 bridgehead atoms. The van der Waals surface area contributed by atoms with Crippen LogP contribution in [0.1, 0.15) is 16.1 Å². The third kappa shape index (κ3) is 3.30. The van der Waals surface area contributed by atoms with Crippen molar-refractivity contribution in [1.29, 1.82) is 0 Å². The summed E-state index contributed by atoms with van der Waals surface area (Å²) in [6.45, 7) is 0. The van der Waals surface area contributed by atoms with Crippen molar-refractivity contribution < 1.29 is 9.53 Å². The maximum atomic E-state index is 12.1. The Morgan fingerprint density at radius 1 is 1.21 bits per heavy atom. The van der Waals surface area contributed by atoms with Crippen LogP contribution in [-0.4, -0.2) is 29.2 Å². The van der Waals surface area contributed by atoms with Gasteiger partial charge in [-0.2, -0.15) is 5.10 Å². The molecule has 0 saturated carbocycles. The molecule has 120 valence electrons. The van der Waals surface area contributed by atoms with E-state index in [1.807, 2.05) is 0 Å². The van der Waals surface area contributed by atoms with Crippen LogP contribution in [0, 0.1) is 0 Å². The number of nitrogens with zero attached hydrogens (tertiary/aromatic N) is 2. The Balaban J connectivity index is 1.75. The van der Waals surface area contributed by atoms with E-state index >= 15 is 0 Å². The van der Waals surface area contributed by atoms with Crippen LogP contribution in [0.25, 0.3) is 11.0 Å². The summed E-state index contributed by atoms with van der Waals surface area (Å²) in [5.41, 5.74) is 3.37. The molecule has 1 amide bonds. The molecule has 0 aliphatic heterocycles. The fraction of sp³-hybridized carbons (Fsp3) is 0.0588. The van der Waals surface area contributed by atoms with Gasteiger partial charge < -0.3 is 9.72 Å². The number of carbonyl (C=O) groups excluding carboxylic acids is 1. The monoisotopic (exact) mass is 322 g/mol. The molecule has 0 spiro atoms. The molecule has 0 unspecified atom stereocenters. The number of rotatable bonds is 4. The van der Waals surface area contributed by atoms with Gasteiger partial charge in [0.2, 0.25) is 0 Å². The molecule has 0 fully saturated rings. The Bertz CT molecular complexity index is 961. The number of benzene rings is 2. The fourth-order valence-electron chi connectivity index (χ4n) is 2.09. The minimum atomic E-state index is -0.674. The van der Waals surface area contributed by atoms with Crippen LogP contribution < -0.4 is 15.7 Å². The van der Waals surface area contributed by atoms with Crippen molar-refractivity contribution in [1.82, 2.24) is 15.4 Å². The van der Waals surface area contributed by atoms with Crippen molar-refractivity contribution in [3.63, 3.8) is 0 Å². The highest BCUT2D eigenvalue weighted by atomic mass is 16.5. The average Bonchev–Trinajstić information content (AvgIpc) is 2.61. The number of para-hydroxylation sites is 2. The summed E-state index contributed by atoms with van der Waals surface area (Å²) < 4.78 is 5.06. The standard InChI is InChI=1S/C17H14N4O3/c1-24-12-8-6-11(7-9-12)10-18-21-17(23)15-16(22)20-14-5-3-2-4-13(14)19-15/h2-10H,1H3,(H,20,22)(H,21,23)/b18-10+. The number of carbonyl (C=O) groups is 1. The van der Waals surface area contributed by atoms with Gasteiger partial charge in [-0.25, -0.2) is 10.4 Å². The number of ether oxygens (including phenoxy) is 1. The zero-order valence-electron chi connectivity index (χ0n) is 12.8. The molecule has 0 aliphatic rings. The lowest BCUT2D eigenvalue weighted by Gasteiger charge is -2.01. The van der Waals surface area contributed by atoms with Crippen molar-refractivity contribution in [2.45, 2.75) is 0 Å². The Kier molecular flexibility index (Phi) is 4.33. The van der Waals surface area contributed by atoms with Gasteiger partial charge in [-0.3, -0.25) is 9.59 Å². The van der Waals surface area contributed by atoms with Crippen LogP contribution in [0.4, 0.5) is 0 Å². The van der Waals surface area contributed by atoms with Crippen molar-refractivity contribution >= 4 is 23.2 Å². The minimum Gasteiger partial charge on any atom is -0.497 e. The Hall–Kier alpha value is -3.48. The zero-order valence-corrected chi connectivity index (χ0v) is 12.8. The molecule has 24 heavy (non-hydrogen) atoms. The van der Waals surface area contributed by atoms with Crippen molar-refractivity contribution in [3.8, 4) is 5.75 Å². The van der Waals surface area contributed by atoms with Gasteiger partial charge in [-0.15, -0.1) is 0 Å². The predicted octanol–water partition coefficient (Wildman–Crippen LogP) is 1.70. The van der Waals surface area contributed by atoms with Crippen molar-refractivity contribution in [2.75, 3.05) is 7.11 Å². The molecule has 0 radical (unpaired) electrons. The molecule has 7 nitrogen and oxygen atoms in total. The first kappa shape index (κ1) is 15.4. The van der Waals surface area contributed by atoms with Crippen LogP contribution in [0.15, 0.2) is 58.4 Å². The number of aromatic nitrogens is 2. The summed E-state index contributed by atoms with van der Waals surface area (Å²) >= 11 is 0. The van der Waals surface area contributed by atoms with E-state index in [9.17, 15) is 9.59 Å². The van der Waals surface area contributed by atoms with E-state index in [4.69, 9.17) is 4.74 Å².